The van der Waals surface area contributed by atoms with E-state index in [2.05, 4.69) is 21.5 Å². The average molecular weight is 469 g/mol. The van der Waals surface area contributed by atoms with Crippen LogP contribution < -0.4 is 10.1 Å². The molecule has 0 aliphatic heterocycles. The number of nitrogens with one attached hydrogen (secondary N) is 2. The summed E-state index contributed by atoms with van der Waals surface area (Å²) < 4.78 is 21.0. The van der Waals surface area contributed by atoms with E-state index in [9.17, 15) is 9.18 Å². The number of fused-ring (bicyclic) bond motifs is 1. The quantitative estimate of drug-likeness (QED) is 0.337. The molecular weight excluding hydrogens is 443 g/mol. The highest BCUT2D eigenvalue weighted by Gasteiger charge is 2.22. The maximum atomic E-state index is 14.3. The highest BCUT2D eigenvalue weighted by molar-refractivity contribution is 5.95. The zero-order chi connectivity index (χ0) is 24.4. The number of carbonyl (C=O) groups excluding carboxylic acids is 1. The molecule has 2 N–H and O–H groups in total. The first-order chi connectivity index (χ1) is 17.1. The van der Waals surface area contributed by atoms with Crippen LogP contribution in [0.1, 0.15) is 33.1 Å². The molecule has 1 atom stereocenters. The van der Waals surface area contributed by atoms with Crippen molar-refractivity contribution in [1.29, 1.82) is 0 Å². The maximum absolute atomic E-state index is 14.3. The largest absolute Gasteiger partial charge is 0.497 e. The summed E-state index contributed by atoms with van der Waals surface area (Å²) in [5.41, 5.74) is 4.45. The Bertz CT molecular complexity index is 1490. The second-order valence-corrected chi connectivity index (χ2v) is 8.33. The van der Waals surface area contributed by atoms with Crippen molar-refractivity contribution >= 4 is 16.8 Å². The Balaban J connectivity index is 1.43. The van der Waals surface area contributed by atoms with Crippen LogP contribution in [0.25, 0.3) is 16.6 Å². The summed E-state index contributed by atoms with van der Waals surface area (Å²) in [5.74, 6) is 0.0163. The molecule has 0 spiro atoms. The Hall–Kier alpha value is -4.39. The number of benzene rings is 3. The van der Waals surface area contributed by atoms with Crippen molar-refractivity contribution in [2.45, 2.75) is 12.8 Å². The number of carbonyl (C=O) groups is 1. The third kappa shape index (κ3) is 4.28. The van der Waals surface area contributed by atoms with Gasteiger partial charge in [-0.1, -0.05) is 42.5 Å². The maximum Gasteiger partial charge on any atom is 0.254 e. The minimum absolute atomic E-state index is 0.0945. The number of amides is 1. The van der Waals surface area contributed by atoms with E-state index in [1.54, 1.807) is 32.2 Å². The molecular formula is C28H25FN4O2. The molecule has 0 aliphatic rings. The molecule has 0 bridgehead atoms. The van der Waals surface area contributed by atoms with Gasteiger partial charge in [-0.3, -0.25) is 4.79 Å². The van der Waals surface area contributed by atoms with Gasteiger partial charge in [-0.25, -0.2) is 9.07 Å². The van der Waals surface area contributed by atoms with Crippen molar-refractivity contribution in [2.24, 2.45) is 0 Å². The third-order valence-electron chi connectivity index (χ3n) is 6.32. The number of hydrogen-bond acceptors (Lipinski definition) is 3. The molecule has 0 fully saturated rings. The molecule has 0 radical (unpaired) electrons. The van der Waals surface area contributed by atoms with E-state index < -0.39 is 5.82 Å². The Morgan fingerprint density at radius 3 is 2.60 bits per heavy atom. The number of aromatic amines is 1. The van der Waals surface area contributed by atoms with Crippen LogP contribution in [0.3, 0.4) is 0 Å². The molecule has 5 rings (SSSR count). The highest BCUT2D eigenvalue weighted by atomic mass is 19.1. The van der Waals surface area contributed by atoms with Crippen LogP contribution in [0.4, 0.5) is 4.39 Å². The molecule has 35 heavy (non-hydrogen) atoms. The lowest BCUT2D eigenvalue weighted by Crippen LogP contribution is -2.29. The number of ether oxygens (including phenoxy) is 1. The van der Waals surface area contributed by atoms with Crippen molar-refractivity contribution in [3.63, 3.8) is 0 Å². The van der Waals surface area contributed by atoms with Crippen LogP contribution in [0.15, 0.2) is 85.2 Å². The molecule has 0 saturated heterocycles. The van der Waals surface area contributed by atoms with E-state index in [0.29, 0.717) is 23.5 Å². The normalized spacial score (nSPS) is 12.0. The summed E-state index contributed by atoms with van der Waals surface area (Å²) >= 11 is 0. The Morgan fingerprint density at radius 2 is 1.83 bits per heavy atom. The predicted molar refractivity (Wildman–Crippen MR) is 134 cm³/mol. The van der Waals surface area contributed by atoms with Gasteiger partial charge >= 0.3 is 0 Å². The predicted octanol–water partition coefficient (Wildman–Crippen LogP) is 5.37. The molecule has 176 valence electrons. The minimum atomic E-state index is -0.399. The first kappa shape index (κ1) is 22.4. The van der Waals surface area contributed by atoms with Gasteiger partial charge < -0.3 is 15.0 Å². The fourth-order valence-corrected chi connectivity index (χ4v) is 4.41. The number of para-hydroxylation sites is 2. The molecule has 7 heteroatoms. The average Bonchev–Trinajstić information content (AvgIpc) is 3.49. The fourth-order valence-electron chi connectivity index (χ4n) is 4.41. The monoisotopic (exact) mass is 468 g/mol. The molecule has 2 heterocycles. The first-order valence-corrected chi connectivity index (χ1v) is 11.3. The minimum Gasteiger partial charge on any atom is -0.497 e. The van der Waals surface area contributed by atoms with Crippen molar-refractivity contribution in [2.75, 3.05) is 13.7 Å². The van der Waals surface area contributed by atoms with Gasteiger partial charge in [0.05, 0.1) is 24.6 Å². The molecule has 2 aromatic heterocycles. The smallest absolute Gasteiger partial charge is 0.254 e. The van der Waals surface area contributed by atoms with E-state index in [1.165, 1.54) is 16.9 Å². The number of aromatic nitrogens is 3. The zero-order valence-corrected chi connectivity index (χ0v) is 19.5. The lowest BCUT2D eigenvalue weighted by molar-refractivity contribution is 0.0952. The Kier molecular flexibility index (Phi) is 6.06. The van der Waals surface area contributed by atoms with Gasteiger partial charge in [-0.05, 0) is 48.4 Å². The number of hydrogen-bond donors (Lipinski definition) is 2. The van der Waals surface area contributed by atoms with E-state index in [-0.39, 0.29) is 11.8 Å². The number of halogens is 1. The summed E-state index contributed by atoms with van der Waals surface area (Å²) in [6.07, 6.45) is 3.47. The second kappa shape index (κ2) is 9.46. The summed E-state index contributed by atoms with van der Waals surface area (Å²) in [5, 5.41) is 8.43. The Labute approximate surface area is 202 Å². The van der Waals surface area contributed by atoms with Crippen LogP contribution >= 0.6 is 0 Å². The molecule has 5 aromatic rings. The van der Waals surface area contributed by atoms with Crippen LogP contribution in [0, 0.1) is 12.7 Å². The molecule has 0 saturated carbocycles. The van der Waals surface area contributed by atoms with Crippen LogP contribution in [0.5, 0.6) is 5.75 Å². The lowest BCUT2D eigenvalue weighted by atomic mass is 9.90. The molecule has 3 aromatic carbocycles. The van der Waals surface area contributed by atoms with Crippen LogP contribution in [-0.4, -0.2) is 34.3 Å². The van der Waals surface area contributed by atoms with Crippen LogP contribution in [0.2, 0.25) is 0 Å². The number of H-pyrrole nitrogens is 1. The summed E-state index contributed by atoms with van der Waals surface area (Å²) in [6, 6.07) is 22.3. The van der Waals surface area contributed by atoms with Gasteiger partial charge in [-0.15, -0.1) is 0 Å². The summed E-state index contributed by atoms with van der Waals surface area (Å²) in [6.45, 7) is 2.13. The molecule has 0 aliphatic carbocycles. The molecule has 1 unspecified atom stereocenters. The van der Waals surface area contributed by atoms with E-state index in [0.717, 1.165) is 27.8 Å². The molecule has 6 nitrogen and oxygen atoms in total. The van der Waals surface area contributed by atoms with Gasteiger partial charge in [-0.2, -0.15) is 5.10 Å². The topological polar surface area (TPSA) is 71.9 Å². The zero-order valence-electron chi connectivity index (χ0n) is 19.5. The fraction of sp³-hybridized carbons (Fsp3) is 0.143. The Morgan fingerprint density at radius 1 is 1.09 bits per heavy atom. The van der Waals surface area contributed by atoms with Crippen molar-refractivity contribution in [3.05, 3.63) is 113 Å². The van der Waals surface area contributed by atoms with Gasteiger partial charge in [0.2, 0.25) is 0 Å². The third-order valence-corrected chi connectivity index (χ3v) is 6.32. The van der Waals surface area contributed by atoms with Crippen molar-refractivity contribution in [1.82, 2.24) is 20.1 Å². The van der Waals surface area contributed by atoms with Gasteiger partial charge in [0.15, 0.2) is 0 Å². The second-order valence-electron chi connectivity index (χ2n) is 8.33. The summed E-state index contributed by atoms with van der Waals surface area (Å²) in [7, 11) is 1.64. The molecule has 1 amide bonds. The van der Waals surface area contributed by atoms with Crippen LogP contribution in [-0.2, 0) is 0 Å². The van der Waals surface area contributed by atoms with Gasteiger partial charge in [0.25, 0.3) is 5.91 Å². The SMILES string of the molecule is COc1ccc(C(CNC(=O)c2cnn(-c3ccccc3F)c2C)c2c[nH]c3ccccc23)cc1. The highest BCUT2D eigenvalue weighted by Crippen LogP contribution is 2.31. The van der Waals surface area contributed by atoms with Crippen molar-refractivity contribution in [3.8, 4) is 11.4 Å². The van der Waals surface area contributed by atoms with Crippen molar-refractivity contribution < 1.29 is 13.9 Å². The number of rotatable bonds is 7. The number of methoxy groups -OCH3 is 1. The van der Waals surface area contributed by atoms with Gasteiger partial charge in [0.1, 0.15) is 17.3 Å². The lowest BCUT2D eigenvalue weighted by Gasteiger charge is -2.18. The number of nitrogens with zero attached hydrogens (tertiary/aromatic N) is 2. The van der Waals surface area contributed by atoms with Gasteiger partial charge in [0, 0.05) is 29.6 Å². The van der Waals surface area contributed by atoms with E-state index >= 15 is 0 Å². The van der Waals surface area contributed by atoms with E-state index in [1.807, 2.05) is 48.7 Å². The van der Waals surface area contributed by atoms with E-state index in [4.69, 9.17) is 4.74 Å². The summed E-state index contributed by atoms with van der Waals surface area (Å²) in [4.78, 5) is 16.5. The first-order valence-electron chi connectivity index (χ1n) is 11.3. The standard InChI is InChI=1S/C28H25FN4O2/c1-18-22(17-32-33(18)27-10-6-4-8-25(27)29)28(34)31-15-23(19-11-13-20(35-2)14-12-19)24-16-30-26-9-5-3-7-21(24)26/h3-14,16-17,23,30H,15H2,1-2H3,(H,31,34).